The fraction of sp³-hybridized carbons (Fsp3) is 0.863. The summed E-state index contributed by atoms with van der Waals surface area (Å²) in [4.78, 5) is 37.0. The number of quaternary nitrogens is 1. The molecule has 0 radical (unpaired) electrons. The fourth-order valence-corrected chi connectivity index (χ4v) is 7.46. The number of likely N-dealkylation sites (N-methyl/N-ethyl adjacent to an activating group) is 1. The van der Waals surface area contributed by atoms with Crippen LogP contribution in [0.15, 0.2) is 24.3 Å². The van der Waals surface area contributed by atoms with Gasteiger partial charge >= 0.3 is 11.9 Å². The third-order valence-corrected chi connectivity index (χ3v) is 11.3. The van der Waals surface area contributed by atoms with Crippen LogP contribution in [0.5, 0.6) is 0 Å². The van der Waals surface area contributed by atoms with E-state index in [2.05, 4.69) is 38.2 Å². The highest BCUT2D eigenvalue weighted by Crippen LogP contribution is 2.16. The number of hydrogen-bond donors (Lipinski definition) is 0. The van der Waals surface area contributed by atoms with Gasteiger partial charge in [0.15, 0.2) is 6.10 Å². The van der Waals surface area contributed by atoms with Gasteiger partial charge in [-0.15, -0.1) is 0 Å². The first-order valence-corrected chi connectivity index (χ1v) is 24.9. The molecule has 0 N–H and O–H groups in total. The van der Waals surface area contributed by atoms with Crippen LogP contribution < -0.4 is 5.11 Å². The molecule has 0 aromatic heterocycles. The molecule has 346 valence electrons. The van der Waals surface area contributed by atoms with Crippen molar-refractivity contribution in [3.63, 3.8) is 0 Å². The molecule has 0 spiro atoms. The van der Waals surface area contributed by atoms with Crippen LogP contribution in [0.4, 0.5) is 0 Å². The van der Waals surface area contributed by atoms with Crippen LogP contribution in [0.25, 0.3) is 0 Å². The number of hydrogen-bond acceptors (Lipinski definition) is 7. The molecule has 2 atom stereocenters. The van der Waals surface area contributed by atoms with E-state index in [4.69, 9.17) is 14.2 Å². The van der Waals surface area contributed by atoms with Gasteiger partial charge in [-0.1, -0.05) is 192 Å². The predicted octanol–water partition coefficient (Wildman–Crippen LogP) is 12.7. The van der Waals surface area contributed by atoms with E-state index < -0.39 is 18.1 Å². The molecule has 0 aromatic rings. The van der Waals surface area contributed by atoms with Crippen molar-refractivity contribution in [2.45, 2.75) is 244 Å². The van der Waals surface area contributed by atoms with Crippen LogP contribution >= 0.6 is 0 Å². The Kier molecular flexibility index (Phi) is 40.9. The highest BCUT2D eigenvalue weighted by molar-refractivity contribution is 5.70. The smallest absolute Gasteiger partial charge is 0.306 e. The van der Waals surface area contributed by atoms with Gasteiger partial charge in [0, 0.05) is 19.3 Å². The largest absolute Gasteiger partial charge is 0.544 e. The molecule has 0 amide bonds. The Balaban J connectivity index is 4.23. The second-order valence-electron chi connectivity index (χ2n) is 18.1. The van der Waals surface area contributed by atoms with Crippen LogP contribution in [0.1, 0.15) is 232 Å². The third-order valence-electron chi connectivity index (χ3n) is 11.3. The first kappa shape index (κ1) is 56.8. The van der Waals surface area contributed by atoms with E-state index in [9.17, 15) is 19.5 Å². The maximum absolute atomic E-state index is 12.7. The molecule has 8 nitrogen and oxygen atoms in total. The molecule has 0 aliphatic rings. The molecule has 2 unspecified atom stereocenters. The lowest BCUT2D eigenvalue weighted by atomic mass is 10.0. The van der Waals surface area contributed by atoms with Crippen molar-refractivity contribution >= 4 is 17.9 Å². The van der Waals surface area contributed by atoms with E-state index >= 15 is 0 Å². The lowest BCUT2D eigenvalue weighted by molar-refractivity contribution is -0.889. The molecule has 0 heterocycles. The molecular formula is C51H95NO7. The van der Waals surface area contributed by atoms with Crippen LogP contribution in [0.2, 0.25) is 0 Å². The molecule has 0 bridgehead atoms. The monoisotopic (exact) mass is 834 g/mol. The highest BCUT2D eigenvalue weighted by Gasteiger charge is 2.25. The zero-order valence-corrected chi connectivity index (χ0v) is 39.4. The molecule has 59 heavy (non-hydrogen) atoms. The normalized spacial score (nSPS) is 13.0. The summed E-state index contributed by atoms with van der Waals surface area (Å²) in [6.45, 7) is 4.65. The molecule has 8 heteroatoms. The Labute approximate surface area is 364 Å². The second-order valence-corrected chi connectivity index (χ2v) is 18.1. The Morgan fingerprint density at radius 2 is 0.898 bits per heavy atom. The SMILES string of the molecule is CCCCC/C=C\C/C=C\CCCCCCCC(=O)OC(COCCC(C(=O)[O-])[N+](C)(C)C)COC(=O)CCCCCCCCCCCCCCCCCCCCCC. The molecule has 0 aliphatic heterocycles. The van der Waals surface area contributed by atoms with Gasteiger partial charge < -0.3 is 28.6 Å². The maximum atomic E-state index is 12.7. The van der Waals surface area contributed by atoms with Gasteiger partial charge in [0.1, 0.15) is 12.6 Å². The van der Waals surface area contributed by atoms with E-state index in [1.165, 1.54) is 135 Å². The molecule has 0 saturated carbocycles. The zero-order valence-electron chi connectivity index (χ0n) is 39.4. The summed E-state index contributed by atoms with van der Waals surface area (Å²) in [5, 5.41) is 11.6. The van der Waals surface area contributed by atoms with Gasteiger partial charge in [-0.2, -0.15) is 0 Å². The number of carbonyl (C=O) groups excluding carboxylic acids is 3. The van der Waals surface area contributed by atoms with Crippen molar-refractivity contribution in [2.24, 2.45) is 0 Å². The van der Waals surface area contributed by atoms with Crippen molar-refractivity contribution in [3.8, 4) is 0 Å². The lowest BCUT2D eigenvalue weighted by Crippen LogP contribution is -2.55. The van der Waals surface area contributed by atoms with Gasteiger partial charge in [0.05, 0.1) is 40.3 Å². The van der Waals surface area contributed by atoms with Gasteiger partial charge in [0.2, 0.25) is 0 Å². The number of ether oxygens (including phenoxy) is 3. The number of rotatable bonds is 45. The minimum Gasteiger partial charge on any atom is -0.544 e. The summed E-state index contributed by atoms with van der Waals surface area (Å²) in [6, 6.07) is -0.726. The van der Waals surface area contributed by atoms with E-state index in [1.54, 1.807) is 21.1 Å². The van der Waals surface area contributed by atoms with Gasteiger partial charge in [-0.3, -0.25) is 9.59 Å². The van der Waals surface area contributed by atoms with Crippen molar-refractivity contribution in [2.75, 3.05) is 41.0 Å². The van der Waals surface area contributed by atoms with Crippen LogP contribution in [0, 0.1) is 0 Å². The Bertz CT molecular complexity index is 1020. The topological polar surface area (TPSA) is 102 Å². The third kappa shape index (κ3) is 41.0. The number of esters is 2. The number of carbonyl (C=O) groups is 3. The molecule has 0 aromatic carbocycles. The fourth-order valence-electron chi connectivity index (χ4n) is 7.46. The number of aliphatic carboxylic acids is 1. The molecule has 0 rings (SSSR count). The molecule has 0 aliphatic carbocycles. The average Bonchev–Trinajstić information content (AvgIpc) is 3.19. The summed E-state index contributed by atoms with van der Waals surface area (Å²) < 4.78 is 17.2. The minimum absolute atomic E-state index is 0.0391. The highest BCUT2D eigenvalue weighted by atomic mass is 16.6. The second kappa shape index (κ2) is 42.5. The summed E-state index contributed by atoms with van der Waals surface area (Å²) in [5.41, 5.74) is 0. The first-order valence-electron chi connectivity index (χ1n) is 24.9. The standard InChI is InChI=1S/C51H95NO7/c1-6-8-10-12-14-16-18-20-22-23-24-25-26-28-29-31-33-35-37-39-41-49(53)58-46-47(45-57-44-43-48(51(55)56)52(3,4)5)59-50(54)42-40-38-36-34-32-30-27-21-19-17-15-13-11-9-7-2/h15,17,21,27,47-48H,6-14,16,18-20,22-26,28-46H2,1-5H3/b17-15-,27-21-. The number of carboxylic acids is 1. The van der Waals surface area contributed by atoms with Crippen molar-refractivity contribution in [3.05, 3.63) is 24.3 Å². The number of nitrogens with zero attached hydrogens (tertiary/aromatic N) is 1. The van der Waals surface area contributed by atoms with Crippen molar-refractivity contribution in [1.82, 2.24) is 0 Å². The summed E-state index contributed by atoms with van der Waals surface area (Å²) in [5.74, 6) is -1.74. The Morgan fingerprint density at radius 1 is 0.508 bits per heavy atom. The predicted molar refractivity (Wildman–Crippen MR) is 245 cm³/mol. The Morgan fingerprint density at radius 3 is 1.34 bits per heavy atom. The summed E-state index contributed by atoms with van der Waals surface area (Å²) in [6.07, 6.45) is 47.7. The zero-order chi connectivity index (χ0) is 43.5. The van der Waals surface area contributed by atoms with E-state index in [-0.39, 0.29) is 42.7 Å². The Hall–Kier alpha value is -2.19. The maximum Gasteiger partial charge on any atom is 0.306 e. The van der Waals surface area contributed by atoms with Gasteiger partial charge in [-0.25, -0.2) is 0 Å². The van der Waals surface area contributed by atoms with Crippen LogP contribution in [0.3, 0.4) is 0 Å². The summed E-state index contributed by atoms with van der Waals surface area (Å²) >= 11 is 0. The average molecular weight is 834 g/mol. The van der Waals surface area contributed by atoms with Gasteiger partial charge in [0.25, 0.3) is 0 Å². The van der Waals surface area contributed by atoms with E-state index in [0.717, 1.165) is 64.2 Å². The molecule has 0 fully saturated rings. The number of unbranched alkanes of at least 4 members (excludes halogenated alkanes) is 27. The van der Waals surface area contributed by atoms with Crippen molar-refractivity contribution < 1.29 is 38.2 Å². The number of carboxylic acid groups (broad SMARTS) is 1. The minimum atomic E-state index is -1.12. The van der Waals surface area contributed by atoms with Crippen LogP contribution in [-0.4, -0.2) is 75.5 Å². The number of allylic oxidation sites excluding steroid dienone is 4. The molecule has 0 saturated heterocycles. The van der Waals surface area contributed by atoms with Crippen molar-refractivity contribution in [1.29, 1.82) is 0 Å². The van der Waals surface area contributed by atoms with E-state index in [1.807, 2.05) is 0 Å². The molecular weight excluding hydrogens is 739 g/mol. The first-order chi connectivity index (χ1) is 28.6. The van der Waals surface area contributed by atoms with Crippen LogP contribution in [-0.2, 0) is 28.6 Å². The quantitative estimate of drug-likeness (QED) is 0.0260. The summed E-state index contributed by atoms with van der Waals surface area (Å²) in [7, 11) is 5.41. The van der Waals surface area contributed by atoms with Gasteiger partial charge in [-0.05, 0) is 44.9 Å². The van der Waals surface area contributed by atoms with E-state index in [0.29, 0.717) is 12.8 Å². The lowest BCUT2D eigenvalue weighted by Gasteiger charge is -2.34.